The largest absolute Gasteiger partial charge is 0.423 e. The van der Waals surface area contributed by atoms with Crippen molar-refractivity contribution in [3.63, 3.8) is 0 Å². The first kappa shape index (κ1) is 18.5. The Morgan fingerprint density at radius 1 is 1.00 bits per heavy atom. The van der Waals surface area contributed by atoms with Gasteiger partial charge in [-0.3, -0.25) is 0 Å². The minimum atomic E-state index is -0.329. The minimum absolute atomic E-state index is 0.329. The third-order valence-corrected chi connectivity index (χ3v) is 6.01. The molecule has 5 nitrogen and oxygen atoms in total. The molecule has 0 saturated heterocycles. The van der Waals surface area contributed by atoms with Gasteiger partial charge in [-0.1, -0.05) is 41.6 Å². The second-order valence-electron chi connectivity index (χ2n) is 7.04. The zero-order chi connectivity index (χ0) is 19.8. The predicted molar refractivity (Wildman–Crippen MR) is 113 cm³/mol. The summed E-state index contributed by atoms with van der Waals surface area (Å²) in [6, 6.07) is 13.8. The molecule has 0 bridgehead atoms. The molecule has 0 unspecified atom stereocenters. The van der Waals surface area contributed by atoms with Gasteiger partial charge in [0.25, 0.3) is 0 Å². The van der Waals surface area contributed by atoms with Crippen LogP contribution in [-0.4, -0.2) is 14.8 Å². The van der Waals surface area contributed by atoms with E-state index in [1.807, 2.05) is 24.6 Å². The van der Waals surface area contributed by atoms with Crippen molar-refractivity contribution in [1.82, 2.24) is 14.8 Å². The van der Waals surface area contributed by atoms with E-state index in [0.717, 1.165) is 33.1 Å². The van der Waals surface area contributed by atoms with Crippen molar-refractivity contribution in [1.29, 1.82) is 0 Å². The number of hydrogen-bond acceptors (Lipinski definition) is 5. The van der Waals surface area contributed by atoms with Crippen LogP contribution in [0.3, 0.4) is 0 Å². The summed E-state index contributed by atoms with van der Waals surface area (Å²) < 4.78 is 7.37. The standard InChI is InChI=1S/C22H21N3O2S/c1-13-5-7-16(8-6-13)21-23-24-22(25(21)4)28-12-17-11-20(26)27-19-10-15(3)14(2)9-18(17)19/h5-11H,12H2,1-4H3. The van der Waals surface area contributed by atoms with Crippen molar-refractivity contribution in [2.45, 2.75) is 31.7 Å². The summed E-state index contributed by atoms with van der Waals surface area (Å²) in [5.74, 6) is 1.44. The number of nitrogens with zero attached hydrogens (tertiary/aromatic N) is 3. The lowest BCUT2D eigenvalue weighted by molar-refractivity contribution is 0.559. The number of aryl methyl sites for hydroxylation is 3. The first-order valence-electron chi connectivity index (χ1n) is 9.05. The van der Waals surface area contributed by atoms with Gasteiger partial charge in [0, 0.05) is 29.8 Å². The molecule has 0 aliphatic rings. The van der Waals surface area contributed by atoms with Crippen LogP contribution in [0.1, 0.15) is 22.3 Å². The number of aromatic nitrogens is 3. The molecule has 2 aromatic carbocycles. The number of benzene rings is 2. The van der Waals surface area contributed by atoms with Crippen molar-refractivity contribution in [2.75, 3.05) is 0 Å². The van der Waals surface area contributed by atoms with Crippen molar-refractivity contribution >= 4 is 22.7 Å². The number of rotatable bonds is 4. The maximum Gasteiger partial charge on any atom is 0.336 e. The predicted octanol–water partition coefficient (Wildman–Crippen LogP) is 4.81. The maximum absolute atomic E-state index is 12.0. The third kappa shape index (κ3) is 3.47. The van der Waals surface area contributed by atoms with Crippen molar-refractivity contribution in [3.05, 3.63) is 75.1 Å². The molecule has 2 heterocycles. The van der Waals surface area contributed by atoms with Gasteiger partial charge in [-0.15, -0.1) is 10.2 Å². The molecular weight excluding hydrogens is 370 g/mol. The molecule has 0 saturated carbocycles. The Morgan fingerprint density at radius 3 is 2.46 bits per heavy atom. The number of fused-ring (bicyclic) bond motifs is 1. The highest BCUT2D eigenvalue weighted by molar-refractivity contribution is 7.98. The van der Waals surface area contributed by atoms with Crippen molar-refractivity contribution in [3.8, 4) is 11.4 Å². The van der Waals surface area contributed by atoms with Gasteiger partial charge >= 0.3 is 5.63 Å². The molecule has 0 aliphatic carbocycles. The van der Waals surface area contributed by atoms with E-state index >= 15 is 0 Å². The van der Waals surface area contributed by atoms with Gasteiger partial charge in [0.1, 0.15) is 5.58 Å². The minimum Gasteiger partial charge on any atom is -0.423 e. The van der Waals surface area contributed by atoms with E-state index in [1.54, 1.807) is 17.8 Å². The molecule has 0 spiro atoms. The van der Waals surface area contributed by atoms with Gasteiger partial charge in [-0.2, -0.15) is 0 Å². The summed E-state index contributed by atoms with van der Waals surface area (Å²) in [7, 11) is 1.96. The zero-order valence-electron chi connectivity index (χ0n) is 16.3. The lowest BCUT2D eigenvalue weighted by atomic mass is 10.0. The molecule has 0 aliphatic heterocycles. The summed E-state index contributed by atoms with van der Waals surface area (Å²) in [4.78, 5) is 12.0. The van der Waals surface area contributed by atoms with Crippen molar-refractivity contribution in [2.24, 2.45) is 7.05 Å². The van der Waals surface area contributed by atoms with E-state index in [1.165, 1.54) is 11.1 Å². The molecule has 0 radical (unpaired) electrons. The zero-order valence-corrected chi connectivity index (χ0v) is 17.1. The molecule has 0 amide bonds. The van der Waals surface area contributed by atoms with E-state index in [9.17, 15) is 4.79 Å². The van der Waals surface area contributed by atoms with Crippen LogP contribution in [0.4, 0.5) is 0 Å². The number of thioether (sulfide) groups is 1. The van der Waals surface area contributed by atoms with Crippen molar-refractivity contribution < 1.29 is 4.42 Å². The highest BCUT2D eigenvalue weighted by Crippen LogP contribution is 2.29. The molecule has 4 aromatic rings. The maximum atomic E-state index is 12.0. The van der Waals surface area contributed by atoms with Crippen LogP contribution in [0.5, 0.6) is 0 Å². The molecule has 2 aromatic heterocycles. The van der Waals surface area contributed by atoms with E-state index < -0.39 is 0 Å². The molecule has 28 heavy (non-hydrogen) atoms. The fourth-order valence-electron chi connectivity index (χ4n) is 3.14. The quantitative estimate of drug-likeness (QED) is 0.369. The van der Waals surface area contributed by atoms with E-state index in [2.05, 4.69) is 54.4 Å². The Labute approximate surface area is 167 Å². The van der Waals surface area contributed by atoms with Crippen LogP contribution in [0.15, 0.2) is 56.8 Å². The lowest BCUT2D eigenvalue weighted by Gasteiger charge is -2.08. The average molecular weight is 391 g/mol. The molecular formula is C22H21N3O2S. The van der Waals surface area contributed by atoms with E-state index in [0.29, 0.717) is 11.3 Å². The van der Waals surface area contributed by atoms with Gasteiger partial charge in [0.15, 0.2) is 11.0 Å². The Bertz CT molecular complexity index is 1220. The monoisotopic (exact) mass is 391 g/mol. The summed E-state index contributed by atoms with van der Waals surface area (Å²) in [5, 5.41) is 10.5. The third-order valence-electron chi connectivity index (χ3n) is 4.95. The van der Waals surface area contributed by atoms with Gasteiger partial charge in [0.2, 0.25) is 0 Å². The SMILES string of the molecule is Cc1ccc(-c2nnc(SCc3cc(=O)oc4cc(C)c(C)cc34)n2C)cc1. The Hall–Kier alpha value is -2.86. The van der Waals surface area contributed by atoms with E-state index in [-0.39, 0.29) is 5.63 Å². The molecule has 142 valence electrons. The topological polar surface area (TPSA) is 60.9 Å². The highest BCUT2D eigenvalue weighted by atomic mass is 32.2. The number of hydrogen-bond donors (Lipinski definition) is 0. The lowest BCUT2D eigenvalue weighted by Crippen LogP contribution is -2.01. The smallest absolute Gasteiger partial charge is 0.336 e. The van der Waals surface area contributed by atoms with Gasteiger partial charge < -0.3 is 8.98 Å². The first-order valence-corrected chi connectivity index (χ1v) is 10.0. The molecule has 6 heteroatoms. The van der Waals surface area contributed by atoms with Gasteiger partial charge in [0.05, 0.1) is 0 Å². The van der Waals surface area contributed by atoms with Crippen LogP contribution >= 0.6 is 11.8 Å². The van der Waals surface area contributed by atoms with Crippen LogP contribution in [-0.2, 0) is 12.8 Å². The summed E-state index contributed by atoms with van der Waals surface area (Å²) >= 11 is 1.56. The van der Waals surface area contributed by atoms with Crippen LogP contribution in [0.25, 0.3) is 22.4 Å². The molecule has 0 N–H and O–H groups in total. The van der Waals surface area contributed by atoms with Crippen LogP contribution in [0.2, 0.25) is 0 Å². The average Bonchev–Trinajstić information content (AvgIpc) is 3.02. The summed E-state index contributed by atoms with van der Waals surface area (Å²) in [5.41, 5.74) is 5.77. The second-order valence-corrected chi connectivity index (χ2v) is 7.99. The normalized spacial score (nSPS) is 11.3. The summed E-state index contributed by atoms with van der Waals surface area (Å²) in [6.07, 6.45) is 0. The molecule has 0 atom stereocenters. The van der Waals surface area contributed by atoms with Gasteiger partial charge in [-0.25, -0.2) is 4.79 Å². The molecule has 0 fully saturated rings. The summed E-state index contributed by atoms with van der Waals surface area (Å²) in [6.45, 7) is 6.14. The van der Waals surface area contributed by atoms with E-state index in [4.69, 9.17) is 4.42 Å². The van der Waals surface area contributed by atoms with Crippen LogP contribution in [0, 0.1) is 20.8 Å². The fraction of sp³-hybridized carbons (Fsp3) is 0.227. The highest BCUT2D eigenvalue weighted by Gasteiger charge is 2.13. The fourth-order valence-corrected chi connectivity index (χ4v) is 4.04. The Kier molecular flexibility index (Phi) is 4.81. The first-order chi connectivity index (χ1) is 13.4. The van der Waals surface area contributed by atoms with Crippen LogP contribution < -0.4 is 5.63 Å². The Balaban J connectivity index is 1.64. The second kappa shape index (κ2) is 7.28. The van der Waals surface area contributed by atoms with Gasteiger partial charge in [-0.05, 0) is 49.6 Å². The Morgan fingerprint density at radius 2 is 1.71 bits per heavy atom. The molecule has 4 rings (SSSR count).